The Morgan fingerprint density at radius 1 is 1.02 bits per heavy atom. The van der Waals surface area contributed by atoms with Gasteiger partial charge in [-0.2, -0.15) is 13.2 Å². The zero-order valence-corrected chi connectivity index (χ0v) is 26.9. The fraction of sp³-hybridized carbons (Fsp3) is 0.613. The predicted octanol–water partition coefficient (Wildman–Crippen LogP) is 6.68. The predicted molar refractivity (Wildman–Crippen MR) is 159 cm³/mol. The lowest BCUT2D eigenvalue weighted by molar-refractivity contribution is -0.147. The maximum atomic E-state index is 14.7. The number of alkyl halides is 3. The van der Waals surface area contributed by atoms with Crippen LogP contribution in [-0.4, -0.2) is 42.1 Å². The van der Waals surface area contributed by atoms with Crippen LogP contribution in [0.1, 0.15) is 100 Å². The van der Waals surface area contributed by atoms with Gasteiger partial charge >= 0.3 is 12.1 Å². The number of carbonyl (C=O) groups excluding carboxylic acids is 1. The summed E-state index contributed by atoms with van der Waals surface area (Å²) in [6, 6.07) is 3.80. The molecule has 0 spiro atoms. The topological polar surface area (TPSA) is 118 Å². The molecule has 1 aromatic carbocycles. The van der Waals surface area contributed by atoms with Gasteiger partial charge in [0.25, 0.3) is 5.91 Å². The van der Waals surface area contributed by atoms with Crippen molar-refractivity contribution in [3.05, 3.63) is 40.6 Å². The number of hydrogen-bond donors (Lipinski definition) is 3. The molecule has 0 saturated heterocycles. The third-order valence-electron chi connectivity index (χ3n) is 8.10. The summed E-state index contributed by atoms with van der Waals surface area (Å²) < 4.78 is 74.7. The van der Waals surface area contributed by atoms with Crippen molar-refractivity contribution in [3.8, 4) is 11.3 Å². The van der Waals surface area contributed by atoms with Gasteiger partial charge < -0.3 is 15.0 Å². The number of nitrogens with zero attached hydrogens (tertiary/aromatic N) is 1. The molecule has 0 atom stereocenters. The van der Waals surface area contributed by atoms with Gasteiger partial charge in [-0.1, -0.05) is 25.3 Å². The molecular formula is C31H44F3N3O5S. The molecule has 1 heterocycles. The molecule has 2 aromatic rings. The van der Waals surface area contributed by atoms with E-state index in [0.717, 1.165) is 39.0 Å². The van der Waals surface area contributed by atoms with Crippen LogP contribution in [-0.2, 0) is 27.5 Å². The number of aromatic nitrogens is 1. The van der Waals surface area contributed by atoms with E-state index in [1.165, 1.54) is 18.2 Å². The van der Waals surface area contributed by atoms with Gasteiger partial charge in [0.2, 0.25) is 10.0 Å². The second kappa shape index (κ2) is 12.6. The second-order valence-corrected chi connectivity index (χ2v) is 15.0. The number of carboxylic acid groups (broad SMARTS) is 1. The maximum Gasteiger partial charge on any atom is 0.417 e. The largest absolute Gasteiger partial charge is 0.481 e. The van der Waals surface area contributed by atoms with Gasteiger partial charge in [0.1, 0.15) is 0 Å². The molecule has 0 aliphatic heterocycles. The monoisotopic (exact) mass is 627 g/mol. The van der Waals surface area contributed by atoms with E-state index in [9.17, 15) is 36.3 Å². The third kappa shape index (κ3) is 8.20. The fourth-order valence-corrected chi connectivity index (χ4v) is 7.34. The molecule has 1 saturated carbocycles. The van der Waals surface area contributed by atoms with E-state index in [1.807, 2.05) is 0 Å². The summed E-state index contributed by atoms with van der Waals surface area (Å²) >= 11 is 0. The Hall–Kier alpha value is -2.86. The smallest absolute Gasteiger partial charge is 0.417 e. The van der Waals surface area contributed by atoms with E-state index in [1.54, 1.807) is 46.1 Å². The van der Waals surface area contributed by atoms with Gasteiger partial charge in [-0.3, -0.25) is 9.59 Å². The molecule has 0 radical (unpaired) electrons. The first-order valence-corrected chi connectivity index (χ1v) is 16.1. The summed E-state index contributed by atoms with van der Waals surface area (Å²) in [5, 5.41) is 12.1. The van der Waals surface area contributed by atoms with Gasteiger partial charge in [0.05, 0.1) is 21.4 Å². The number of carbonyl (C=O) groups is 2. The first kappa shape index (κ1) is 34.6. The SMILES string of the molecule is Cc1c(S(=O)(=O)NC(C)(C)C)ccc(-c2cc(C(=O)NCCC(C)(C)C(=O)O)c(C)n2CC2CCCCC2)c1C(F)(F)F. The summed E-state index contributed by atoms with van der Waals surface area (Å²) in [6.45, 7) is 11.3. The van der Waals surface area contributed by atoms with Crippen LogP contribution in [0.25, 0.3) is 11.3 Å². The molecule has 1 fully saturated rings. The molecule has 240 valence electrons. The van der Waals surface area contributed by atoms with Crippen LogP contribution >= 0.6 is 0 Å². The minimum atomic E-state index is -4.88. The lowest BCUT2D eigenvalue weighted by Crippen LogP contribution is -2.40. The van der Waals surface area contributed by atoms with Gasteiger partial charge in [-0.05, 0) is 91.3 Å². The number of hydrogen-bond acceptors (Lipinski definition) is 4. The number of nitrogens with one attached hydrogen (secondary N) is 2. The molecule has 8 nitrogen and oxygen atoms in total. The van der Waals surface area contributed by atoms with Crippen LogP contribution in [0.2, 0.25) is 0 Å². The van der Waals surface area contributed by atoms with E-state index in [-0.39, 0.29) is 35.7 Å². The number of carboxylic acids is 1. The molecule has 0 unspecified atom stereocenters. The first-order valence-electron chi connectivity index (χ1n) is 14.6. The molecule has 3 N–H and O–H groups in total. The minimum Gasteiger partial charge on any atom is -0.481 e. The van der Waals surface area contributed by atoms with Crippen LogP contribution in [0.3, 0.4) is 0 Å². The van der Waals surface area contributed by atoms with Crippen molar-refractivity contribution in [2.75, 3.05) is 6.54 Å². The van der Waals surface area contributed by atoms with Gasteiger partial charge in [0.15, 0.2) is 0 Å². The highest BCUT2D eigenvalue weighted by Gasteiger charge is 2.39. The van der Waals surface area contributed by atoms with Crippen molar-refractivity contribution < 1.29 is 36.3 Å². The van der Waals surface area contributed by atoms with Crippen molar-refractivity contribution in [2.45, 2.75) is 110 Å². The average Bonchev–Trinajstić information content (AvgIpc) is 3.17. The summed E-state index contributed by atoms with van der Waals surface area (Å²) in [6.07, 6.45) is 0.266. The average molecular weight is 628 g/mol. The second-order valence-electron chi connectivity index (χ2n) is 13.3. The zero-order chi connectivity index (χ0) is 32.5. The number of rotatable bonds is 10. The van der Waals surface area contributed by atoms with E-state index >= 15 is 0 Å². The van der Waals surface area contributed by atoms with Crippen LogP contribution in [0, 0.1) is 25.2 Å². The van der Waals surface area contributed by atoms with E-state index in [2.05, 4.69) is 10.0 Å². The molecule has 1 amide bonds. The quantitative estimate of drug-likeness (QED) is 0.272. The number of sulfonamides is 1. The van der Waals surface area contributed by atoms with E-state index in [4.69, 9.17) is 0 Å². The third-order valence-corrected chi connectivity index (χ3v) is 10.00. The van der Waals surface area contributed by atoms with Crippen LogP contribution < -0.4 is 10.0 Å². The molecule has 43 heavy (non-hydrogen) atoms. The van der Waals surface area contributed by atoms with Gasteiger partial charge in [-0.15, -0.1) is 0 Å². The molecule has 1 aliphatic rings. The van der Waals surface area contributed by atoms with Gasteiger partial charge in [0, 0.05) is 35.6 Å². The molecule has 1 aliphatic carbocycles. The van der Waals surface area contributed by atoms with Crippen molar-refractivity contribution in [1.82, 2.24) is 14.6 Å². The highest BCUT2D eigenvalue weighted by atomic mass is 32.2. The molecule has 0 bridgehead atoms. The Bertz CT molecular complexity index is 1460. The highest BCUT2D eigenvalue weighted by Crippen LogP contribution is 2.43. The van der Waals surface area contributed by atoms with Crippen molar-refractivity contribution in [2.24, 2.45) is 11.3 Å². The Morgan fingerprint density at radius 2 is 1.63 bits per heavy atom. The normalized spacial score (nSPS) is 15.5. The van der Waals surface area contributed by atoms with E-state index < -0.39 is 55.1 Å². The first-order chi connectivity index (χ1) is 19.7. The fourth-order valence-electron chi connectivity index (χ4n) is 5.67. The lowest BCUT2D eigenvalue weighted by Gasteiger charge is -2.26. The number of amides is 1. The van der Waals surface area contributed by atoms with Crippen molar-refractivity contribution >= 4 is 21.9 Å². The molecule has 3 rings (SSSR count). The number of halogens is 3. The molecule has 1 aromatic heterocycles. The Kier molecular flexibility index (Phi) is 10.2. The Balaban J connectivity index is 2.16. The molecule has 12 heteroatoms. The maximum absolute atomic E-state index is 14.7. The molecular weight excluding hydrogens is 583 g/mol. The number of aliphatic carboxylic acids is 1. The summed E-state index contributed by atoms with van der Waals surface area (Å²) in [5.74, 6) is -1.30. The minimum absolute atomic E-state index is 0.0704. The Labute approximate surface area is 252 Å². The van der Waals surface area contributed by atoms with Gasteiger partial charge in [-0.25, -0.2) is 13.1 Å². The van der Waals surface area contributed by atoms with Crippen LogP contribution in [0.4, 0.5) is 13.2 Å². The van der Waals surface area contributed by atoms with Crippen molar-refractivity contribution in [1.29, 1.82) is 0 Å². The van der Waals surface area contributed by atoms with Crippen LogP contribution in [0.5, 0.6) is 0 Å². The standard InChI is InChI=1S/C31H44F3N3O5S/c1-19-25(43(41,42)36-29(3,4)5)14-13-22(26(19)31(32,33)34)24-17-23(27(38)35-16-15-30(6,7)28(39)40)20(2)37(24)18-21-11-9-8-10-12-21/h13-14,17,21,36H,8-12,15-16,18H2,1-7H3,(H,35,38)(H,39,40). The summed E-state index contributed by atoms with van der Waals surface area (Å²) in [5.41, 5.74) is -2.80. The Morgan fingerprint density at radius 3 is 2.16 bits per heavy atom. The van der Waals surface area contributed by atoms with E-state index in [0.29, 0.717) is 12.2 Å². The van der Waals surface area contributed by atoms with Crippen molar-refractivity contribution in [3.63, 3.8) is 0 Å². The summed E-state index contributed by atoms with van der Waals surface area (Å²) in [4.78, 5) is 24.3. The zero-order valence-electron chi connectivity index (χ0n) is 26.0. The van der Waals surface area contributed by atoms with Crippen LogP contribution in [0.15, 0.2) is 23.1 Å². The summed E-state index contributed by atoms with van der Waals surface area (Å²) in [7, 11) is -4.27. The highest BCUT2D eigenvalue weighted by molar-refractivity contribution is 7.89. The lowest BCUT2D eigenvalue weighted by atomic mass is 9.89. The number of benzene rings is 1.